The van der Waals surface area contributed by atoms with Crippen LogP contribution in [-0.2, 0) is 10.2 Å². The smallest absolute Gasteiger partial charge is 0.233 e. The largest absolute Gasteiger partial charge is 0.395 e. The van der Waals surface area contributed by atoms with Gasteiger partial charge in [0.2, 0.25) is 5.91 Å². The Bertz CT molecular complexity index is 452. The van der Waals surface area contributed by atoms with Gasteiger partial charge in [-0.2, -0.15) is 0 Å². The minimum Gasteiger partial charge on any atom is -0.395 e. The molecule has 0 radical (unpaired) electrons. The van der Waals surface area contributed by atoms with Gasteiger partial charge in [0.05, 0.1) is 12.0 Å². The van der Waals surface area contributed by atoms with Gasteiger partial charge in [0.25, 0.3) is 0 Å². The average molecular weight is 265 g/mol. The first-order valence-corrected chi connectivity index (χ1v) is 6.69. The second-order valence-corrected chi connectivity index (χ2v) is 5.40. The highest BCUT2D eigenvalue weighted by molar-refractivity contribution is 5.91. The molecule has 1 aliphatic carbocycles. The summed E-state index contributed by atoms with van der Waals surface area (Å²) >= 11 is 0. The first-order valence-electron chi connectivity index (χ1n) is 6.69. The lowest BCUT2D eigenvalue weighted by Gasteiger charge is -2.30. The Labute approximate surface area is 113 Å². The fourth-order valence-corrected chi connectivity index (χ4v) is 2.50. The summed E-state index contributed by atoms with van der Waals surface area (Å²) in [5, 5.41) is 9.08. The van der Waals surface area contributed by atoms with Crippen LogP contribution < -0.4 is 0 Å². The molecule has 1 amide bonds. The van der Waals surface area contributed by atoms with Crippen molar-refractivity contribution in [2.45, 2.75) is 38.1 Å². The summed E-state index contributed by atoms with van der Waals surface area (Å²) in [5.41, 5.74) is 0.384. The van der Waals surface area contributed by atoms with Crippen LogP contribution in [0.15, 0.2) is 24.3 Å². The quantitative estimate of drug-likeness (QED) is 0.885. The van der Waals surface area contributed by atoms with Crippen LogP contribution in [-0.4, -0.2) is 35.1 Å². The molecule has 0 atom stereocenters. The molecule has 104 valence electrons. The molecule has 3 nitrogen and oxygen atoms in total. The van der Waals surface area contributed by atoms with E-state index < -0.39 is 5.41 Å². The molecule has 1 N–H and O–H groups in total. The molecule has 19 heavy (non-hydrogen) atoms. The standard InChI is InChI=1S/C15H20FNO2/c1-11(2)17(9-10-18)14(19)15(7-8-15)12-3-5-13(16)6-4-12/h3-6,11,18H,7-10H2,1-2H3. The third-order valence-corrected chi connectivity index (χ3v) is 3.78. The molecule has 0 spiro atoms. The van der Waals surface area contributed by atoms with Crippen molar-refractivity contribution in [2.75, 3.05) is 13.2 Å². The third kappa shape index (κ3) is 2.63. The summed E-state index contributed by atoms with van der Waals surface area (Å²) in [7, 11) is 0. The fourth-order valence-electron chi connectivity index (χ4n) is 2.50. The van der Waals surface area contributed by atoms with Gasteiger partial charge in [0.15, 0.2) is 0 Å². The molecule has 1 aromatic rings. The summed E-state index contributed by atoms with van der Waals surface area (Å²) in [6.07, 6.45) is 1.60. The molecule has 0 bridgehead atoms. The van der Waals surface area contributed by atoms with Crippen molar-refractivity contribution >= 4 is 5.91 Å². The van der Waals surface area contributed by atoms with E-state index in [9.17, 15) is 9.18 Å². The predicted octanol–water partition coefficient (Wildman–Crippen LogP) is 2.09. The normalized spacial score (nSPS) is 16.5. The van der Waals surface area contributed by atoms with Crippen LogP contribution in [0.5, 0.6) is 0 Å². The summed E-state index contributed by atoms with van der Waals surface area (Å²) in [5.74, 6) is -0.244. The van der Waals surface area contributed by atoms with Gasteiger partial charge < -0.3 is 10.0 Å². The van der Waals surface area contributed by atoms with Crippen LogP contribution in [0.25, 0.3) is 0 Å². The molecule has 0 saturated heterocycles. The SMILES string of the molecule is CC(C)N(CCO)C(=O)C1(c2ccc(F)cc2)CC1. The van der Waals surface area contributed by atoms with Crippen molar-refractivity contribution < 1.29 is 14.3 Å². The van der Waals surface area contributed by atoms with Crippen LogP contribution in [0.1, 0.15) is 32.3 Å². The molecule has 0 unspecified atom stereocenters. The Hall–Kier alpha value is -1.42. The van der Waals surface area contributed by atoms with E-state index >= 15 is 0 Å². The molecule has 1 fully saturated rings. The van der Waals surface area contributed by atoms with Crippen LogP contribution in [0.4, 0.5) is 4.39 Å². The highest BCUT2D eigenvalue weighted by Crippen LogP contribution is 2.49. The molecular weight excluding hydrogens is 245 g/mol. The van der Waals surface area contributed by atoms with Gasteiger partial charge in [-0.15, -0.1) is 0 Å². The summed E-state index contributed by atoms with van der Waals surface area (Å²) in [6.45, 7) is 4.19. The zero-order valence-corrected chi connectivity index (χ0v) is 11.4. The molecule has 4 heteroatoms. The van der Waals surface area contributed by atoms with Crippen LogP contribution in [0.3, 0.4) is 0 Å². The fraction of sp³-hybridized carbons (Fsp3) is 0.533. The number of hydrogen-bond acceptors (Lipinski definition) is 2. The maximum Gasteiger partial charge on any atom is 0.233 e. The topological polar surface area (TPSA) is 40.5 Å². The number of benzene rings is 1. The maximum absolute atomic E-state index is 13.0. The van der Waals surface area contributed by atoms with Crippen LogP contribution >= 0.6 is 0 Å². The van der Waals surface area contributed by atoms with E-state index in [1.54, 1.807) is 17.0 Å². The lowest BCUT2D eigenvalue weighted by atomic mass is 9.93. The Morgan fingerprint density at radius 2 is 1.95 bits per heavy atom. The number of aliphatic hydroxyl groups excluding tert-OH is 1. The minimum absolute atomic E-state index is 0.0383. The Morgan fingerprint density at radius 1 is 1.37 bits per heavy atom. The number of halogens is 1. The van der Waals surface area contributed by atoms with Gasteiger partial charge in [-0.3, -0.25) is 4.79 Å². The van der Waals surface area contributed by atoms with Gasteiger partial charge in [-0.25, -0.2) is 4.39 Å². The van der Waals surface area contributed by atoms with Gasteiger partial charge in [0.1, 0.15) is 5.82 Å². The van der Waals surface area contributed by atoms with E-state index in [-0.39, 0.29) is 24.4 Å². The molecule has 1 saturated carbocycles. The van der Waals surface area contributed by atoms with E-state index in [1.165, 1.54) is 12.1 Å². The Balaban J connectivity index is 2.24. The number of carbonyl (C=O) groups excluding carboxylic acids is 1. The van der Waals surface area contributed by atoms with Gasteiger partial charge in [-0.1, -0.05) is 12.1 Å². The van der Waals surface area contributed by atoms with Crippen LogP contribution in [0, 0.1) is 5.82 Å². The summed E-state index contributed by atoms with van der Waals surface area (Å²) in [4.78, 5) is 14.4. The van der Waals surface area contributed by atoms with Crippen molar-refractivity contribution in [3.8, 4) is 0 Å². The second kappa shape index (κ2) is 5.29. The number of rotatable bonds is 5. The van der Waals surface area contributed by atoms with Crippen molar-refractivity contribution in [1.29, 1.82) is 0 Å². The number of hydrogen-bond donors (Lipinski definition) is 1. The highest BCUT2D eigenvalue weighted by Gasteiger charge is 2.53. The Kier molecular flexibility index (Phi) is 3.90. The van der Waals surface area contributed by atoms with Gasteiger partial charge in [0, 0.05) is 12.6 Å². The lowest BCUT2D eigenvalue weighted by molar-refractivity contribution is -0.136. The third-order valence-electron chi connectivity index (χ3n) is 3.78. The van der Waals surface area contributed by atoms with Crippen molar-refractivity contribution in [2.24, 2.45) is 0 Å². The first-order chi connectivity index (χ1) is 9.01. The van der Waals surface area contributed by atoms with Crippen molar-refractivity contribution in [3.63, 3.8) is 0 Å². The molecule has 1 aliphatic rings. The average Bonchev–Trinajstić information content (AvgIpc) is 3.17. The van der Waals surface area contributed by atoms with Crippen molar-refractivity contribution in [3.05, 3.63) is 35.6 Å². The lowest BCUT2D eigenvalue weighted by Crippen LogP contribution is -2.44. The molecule has 0 aliphatic heterocycles. The molecule has 0 aromatic heterocycles. The monoisotopic (exact) mass is 265 g/mol. The summed E-state index contributed by atoms with van der Waals surface area (Å²) < 4.78 is 13.0. The predicted molar refractivity (Wildman–Crippen MR) is 71.2 cm³/mol. The first kappa shape index (κ1) is 14.0. The maximum atomic E-state index is 13.0. The van der Waals surface area contributed by atoms with E-state index in [4.69, 9.17) is 5.11 Å². The number of amides is 1. The minimum atomic E-state index is -0.493. The zero-order valence-electron chi connectivity index (χ0n) is 11.4. The van der Waals surface area contributed by atoms with Gasteiger partial charge >= 0.3 is 0 Å². The van der Waals surface area contributed by atoms with Crippen LogP contribution in [0.2, 0.25) is 0 Å². The number of nitrogens with zero attached hydrogens (tertiary/aromatic N) is 1. The number of carbonyl (C=O) groups is 1. The highest BCUT2D eigenvalue weighted by atomic mass is 19.1. The van der Waals surface area contributed by atoms with Gasteiger partial charge in [-0.05, 0) is 44.4 Å². The molecular formula is C15H20FNO2. The summed E-state index contributed by atoms with van der Waals surface area (Å²) in [6, 6.07) is 6.23. The Morgan fingerprint density at radius 3 is 2.37 bits per heavy atom. The molecule has 0 heterocycles. The second-order valence-electron chi connectivity index (χ2n) is 5.40. The van der Waals surface area contributed by atoms with E-state index in [0.29, 0.717) is 6.54 Å². The molecule has 2 rings (SSSR count). The van der Waals surface area contributed by atoms with E-state index in [2.05, 4.69) is 0 Å². The number of aliphatic hydroxyl groups is 1. The van der Waals surface area contributed by atoms with E-state index in [0.717, 1.165) is 18.4 Å². The zero-order chi connectivity index (χ0) is 14.0. The molecule has 1 aromatic carbocycles. The van der Waals surface area contributed by atoms with E-state index in [1.807, 2.05) is 13.8 Å². The van der Waals surface area contributed by atoms with Crippen molar-refractivity contribution in [1.82, 2.24) is 4.90 Å².